The molecule has 26 heavy (non-hydrogen) atoms. The number of hydrogen-bond donors (Lipinski definition) is 2. The highest BCUT2D eigenvalue weighted by molar-refractivity contribution is 5.80. The first kappa shape index (κ1) is 21.0. The zero-order chi connectivity index (χ0) is 18.9. The number of morpholine rings is 1. The van der Waals surface area contributed by atoms with E-state index in [9.17, 15) is 4.79 Å². The van der Waals surface area contributed by atoms with Crippen LogP contribution in [-0.4, -0.2) is 74.9 Å². The summed E-state index contributed by atoms with van der Waals surface area (Å²) in [6, 6.07) is 1.24. The Bertz CT molecular complexity index is 464. The molecule has 2 unspecified atom stereocenters. The predicted molar refractivity (Wildman–Crippen MR) is 103 cm³/mol. The van der Waals surface area contributed by atoms with Gasteiger partial charge in [-0.3, -0.25) is 14.7 Å². The second-order valence-corrected chi connectivity index (χ2v) is 7.41. The van der Waals surface area contributed by atoms with Crippen LogP contribution in [0.2, 0.25) is 0 Å². The van der Waals surface area contributed by atoms with Gasteiger partial charge in [-0.15, -0.1) is 0 Å². The average Bonchev–Trinajstić information content (AvgIpc) is 2.66. The van der Waals surface area contributed by atoms with Crippen LogP contribution in [0, 0.1) is 5.92 Å². The molecule has 0 bridgehead atoms. The molecule has 1 aliphatic heterocycles. The second-order valence-electron chi connectivity index (χ2n) is 7.41. The Morgan fingerprint density at radius 3 is 2.69 bits per heavy atom. The van der Waals surface area contributed by atoms with Gasteiger partial charge in [0.05, 0.1) is 25.7 Å². The number of aliphatic imine (C=N–C) groups is 1. The fraction of sp³-hybridized carbons (Fsp3) is 0.895. The highest BCUT2D eigenvalue weighted by Gasteiger charge is 2.28. The SMILES string of the molecule is CCOC(=O)C1CCC(NC(=NC)NCC(C)N2CCOCC2C)CC1. The summed E-state index contributed by atoms with van der Waals surface area (Å²) in [4.78, 5) is 18.7. The van der Waals surface area contributed by atoms with Gasteiger partial charge in [-0.2, -0.15) is 0 Å². The molecule has 2 rings (SSSR count). The third-order valence-corrected chi connectivity index (χ3v) is 5.46. The van der Waals surface area contributed by atoms with Crippen LogP contribution < -0.4 is 10.6 Å². The van der Waals surface area contributed by atoms with Crippen molar-refractivity contribution < 1.29 is 14.3 Å². The standard InChI is InChI=1S/C19H36N4O3/c1-5-26-18(24)16-6-8-17(9-7-16)22-19(20-4)21-12-14(2)23-10-11-25-13-15(23)3/h14-17H,5-13H2,1-4H3,(H2,20,21,22). The molecular weight excluding hydrogens is 332 g/mol. The number of nitrogens with zero attached hydrogens (tertiary/aromatic N) is 2. The van der Waals surface area contributed by atoms with Gasteiger partial charge in [0.25, 0.3) is 0 Å². The number of hydrogen-bond acceptors (Lipinski definition) is 5. The molecule has 2 atom stereocenters. The maximum absolute atomic E-state index is 11.8. The molecule has 7 nitrogen and oxygen atoms in total. The number of carbonyl (C=O) groups is 1. The summed E-state index contributed by atoms with van der Waals surface area (Å²) < 4.78 is 10.7. The first-order valence-corrected chi connectivity index (χ1v) is 10.0. The largest absolute Gasteiger partial charge is 0.466 e. The maximum atomic E-state index is 11.8. The van der Waals surface area contributed by atoms with E-state index in [4.69, 9.17) is 9.47 Å². The number of ether oxygens (including phenoxy) is 2. The zero-order valence-electron chi connectivity index (χ0n) is 16.8. The maximum Gasteiger partial charge on any atom is 0.308 e. The third kappa shape index (κ3) is 6.13. The van der Waals surface area contributed by atoms with Crippen LogP contribution in [-0.2, 0) is 14.3 Å². The van der Waals surface area contributed by atoms with Crippen LogP contribution >= 0.6 is 0 Å². The molecule has 0 aromatic rings. The van der Waals surface area contributed by atoms with Crippen LogP contribution in [0.5, 0.6) is 0 Å². The summed E-state index contributed by atoms with van der Waals surface area (Å²) in [5, 5.41) is 6.96. The first-order valence-electron chi connectivity index (χ1n) is 10.0. The van der Waals surface area contributed by atoms with Gasteiger partial charge in [-0.05, 0) is 46.5 Å². The Kier molecular flexibility index (Phi) is 8.65. The molecule has 0 amide bonds. The van der Waals surface area contributed by atoms with Crippen molar-refractivity contribution in [2.45, 2.75) is 64.6 Å². The molecular formula is C19H36N4O3. The molecule has 0 aromatic carbocycles. The van der Waals surface area contributed by atoms with E-state index in [-0.39, 0.29) is 11.9 Å². The fourth-order valence-electron chi connectivity index (χ4n) is 3.88. The predicted octanol–water partition coefficient (Wildman–Crippen LogP) is 1.38. The van der Waals surface area contributed by atoms with Crippen molar-refractivity contribution in [1.82, 2.24) is 15.5 Å². The Morgan fingerprint density at radius 1 is 1.35 bits per heavy atom. The summed E-state index contributed by atoms with van der Waals surface area (Å²) >= 11 is 0. The van der Waals surface area contributed by atoms with Crippen molar-refractivity contribution in [2.75, 3.05) is 40.0 Å². The Hall–Kier alpha value is -1.34. The molecule has 150 valence electrons. The van der Waals surface area contributed by atoms with E-state index in [1.807, 2.05) is 14.0 Å². The minimum atomic E-state index is -0.0399. The van der Waals surface area contributed by atoms with E-state index in [1.165, 1.54) is 0 Å². The summed E-state index contributed by atoms with van der Waals surface area (Å²) in [6.07, 6.45) is 3.71. The van der Waals surface area contributed by atoms with E-state index in [0.717, 1.165) is 57.9 Å². The summed E-state index contributed by atoms with van der Waals surface area (Å²) in [5.74, 6) is 0.866. The van der Waals surface area contributed by atoms with Crippen molar-refractivity contribution in [1.29, 1.82) is 0 Å². The summed E-state index contributed by atoms with van der Waals surface area (Å²) in [5.41, 5.74) is 0. The monoisotopic (exact) mass is 368 g/mol. The van der Waals surface area contributed by atoms with Crippen LogP contribution in [0.3, 0.4) is 0 Å². The molecule has 0 radical (unpaired) electrons. The Labute approximate surface area is 157 Å². The Balaban J connectivity index is 1.72. The molecule has 1 saturated carbocycles. The number of esters is 1. The molecule has 0 spiro atoms. The van der Waals surface area contributed by atoms with E-state index >= 15 is 0 Å². The average molecular weight is 369 g/mol. The lowest BCUT2D eigenvalue weighted by molar-refractivity contribution is -0.149. The number of nitrogens with one attached hydrogen (secondary N) is 2. The Morgan fingerprint density at radius 2 is 2.08 bits per heavy atom. The van der Waals surface area contributed by atoms with Gasteiger partial charge in [0.2, 0.25) is 0 Å². The quantitative estimate of drug-likeness (QED) is 0.419. The zero-order valence-corrected chi connectivity index (χ0v) is 16.8. The lowest BCUT2D eigenvalue weighted by Gasteiger charge is -2.38. The first-order chi connectivity index (χ1) is 12.5. The van der Waals surface area contributed by atoms with Crippen molar-refractivity contribution in [3.63, 3.8) is 0 Å². The van der Waals surface area contributed by atoms with E-state index < -0.39 is 0 Å². The number of carbonyl (C=O) groups excluding carboxylic acids is 1. The normalized spacial score (nSPS) is 29.1. The summed E-state index contributed by atoms with van der Waals surface area (Å²) in [6.45, 7) is 10.2. The minimum absolute atomic E-state index is 0.0399. The van der Waals surface area contributed by atoms with Crippen LogP contribution in [0.4, 0.5) is 0 Å². The molecule has 2 fully saturated rings. The van der Waals surface area contributed by atoms with Crippen molar-refractivity contribution in [3.8, 4) is 0 Å². The van der Waals surface area contributed by atoms with E-state index in [2.05, 4.69) is 34.4 Å². The van der Waals surface area contributed by atoms with Crippen LogP contribution in [0.1, 0.15) is 46.5 Å². The number of guanidine groups is 1. The van der Waals surface area contributed by atoms with Gasteiger partial charge in [0.15, 0.2) is 5.96 Å². The molecule has 0 aromatic heterocycles. The molecule has 2 N–H and O–H groups in total. The van der Waals surface area contributed by atoms with Crippen molar-refractivity contribution in [2.24, 2.45) is 10.9 Å². The lowest BCUT2D eigenvalue weighted by atomic mass is 9.86. The van der Waals surface area contributed by atoms with Crippen LogP contribution in [0.15, 0.2) is 4.99 Å². The molecule has 2 aliphatic rings. The van der Waals surface area contributed by atoms with Gasteiger partial charge in [-0.1, -0.05) is 0 Å². The third-order valence-electron chi connectivity index (χ3n) is 5.46. The second kappa shape index (κ2) is 10.7. The van der Waals surface area contributed by atoms with E-state index in [1.54, 1.807) is 0 Å². The van der Waals surface area contributed by atoms with Crippen LogP contribution in [0.25, 0.3) is 0 Å². The van der Waals surface area contributed by atoms with Gasteiger partial charge in [0, 0.05) is 38.3 Å². The molecule has 1 heterocycles. The highest BCUT2D eigenvalue weighted by atomic mass is 16.5. The van der Waals surface area contributed by atoms with Gasteiger partial charge in [-0.25, -0.2) is 0 Å². The van der Waals surface area contributed by atoms with Gasteiger partial charge in [0.1, 0.15) is 0 Å². The van der Waals surface area contributed by atoms with Crippen molar-refractivity contribution in [3.05, 3.63) is 0 Å². The summed E-state index contributed by atoms with van der Waals surface area (Å²) in [7, 11) is 1.81. The minimum Gasteiger partial charge on any atom is -0.466 e. The topological polar surface area (TPSA) is 75.2 Å². The smallest absolute Gasteiger partial charge is 0.308 e. The lowest BCUT2D eigenvalue weighted by Crippen LogP contribution is -2.54. The molecule has 1 saturated heterocycles. The van der Waals surface area contributed by atoms with Crippen molar-refractivity contribution >= 4 is 11.9 Å². The van der Waals surface area contributed by atoms with Gasteiger partial charge < -0.3 is 20.1 Å². The van der Waals surface area contributed by atoms with Gasteiger partial charge >= 0.3 is 5.97 Å². The highest BCUT2D eigenvalue weighted by Crippen LogP contribution is 2.25. The fourth-order valence-corrected chi connectivity index (χ4v) is 3.88. The molecule has 1 aliphatic carbocycles. The van der Waals surface area contributed by atoms with E-state index in [0.29, 0.717) is 24.7 Å². The number of rotatable bonds is 6. The molecule has 7 heteroatoms.